The maximum Gasteiger partial charge on any atom is 0.333 e. The van der Waals surface area contributed by atoms with Crippen LogP contribution in [0.4, 0.5) is 0 Å². The van der Waals surface area contributed by atoms with Crippen molar-refractivity contribution in [2.45, 2.75) is 19.4 Å². The van der Waals surface area contributed by atoms with Gasteiger partial charge in [0.15, 0.2) is 0 Å². The maximum atomic E-state index is 11.4. The molecule has 0 aromatic carbocycles. The summed E-state index contributed by atoms with van der Waals surface area (Å²) in [7, 11) is 0. The number of hydrogen-bond acceptors (Lipinski definition) is 7. The topological polar surface area (TPSA) is 103 Å². The van der Waals surface area contributed by atoms with Crippen LogP contribution in [0, 0.1) is 0 Å². The third kappa shape index (κ3) is 4.03. The first-order chi connectivity index (χ1) is 10.1. The molecule has 0 aliphatic carbocycles. The van der Waals surface area contributed by atoms with Crippen molar-refractivity contribution in [1.29, 1.82) is 0 Å². The standard InChI is InChI=1S/C13H11NO7/c15-10-3-4-11(16)14(10)21-13(18)6-5-12(17)20-8-9-2-1-7-19-9/h1-4,7H,5-6,8H2. The van der Waals surface area contributed by atoms with Gasteiger partial charge in [-0.15, -0.1) is 0 Å². The summed E-state index contributed by atoms with van der Waals surface area (Å²) in [6, 6.07) is 3.29. The Labute approximate surface area is 118 Å². The van der Waals surface area contributed by atoms with Crippen LogP contribution in [0.15, 0.2) is 35.0 Å². The fourth-order valence-electron chi connectivity index (χ4n) is 1.45. The number of carbonyl (C=O) groups excluding carboxylic acids is 4. The van der Waals surface area contributed by atoms with Gasteiger partial charge in [0.2, 0.25) is 0 Å². The molecule has 2 heterocycles. The molecule has 0 atom stereocenters. The maximum absolute atomic E-state index is 11.4. The van der Waals surface area contributed by atoms with Crippen LogP contribution in [0.2, 0.25) is 0 Å². The molecule has 2 rings (SSSR count). The molecule has 21 heavy (non-hydrogen) atoms. The SMILES string of the molecule is O=C(CCC(=O)ON1C(=O)C=CC1=O)OCc1ccco1. The van der Waals surface area contributed by atoms with E-state index in [1.54, 1.807) is 12.1 Å². The Morgan fingerprint density at radius 1 is 1.10 bits per heavy atom. The quantitative estimate of drug-likeness (QED) is 0.555. The molecule has 2 amide bonds. The lowest BCUT2D eigenvalue weighted by molar-refractivity contribution is -0.196. The van der Waals surface area contributed by atoms with Crippen LogP contribution in [0.1, 0.15) is 18.6 Å². The molecular weight excluding hydrogens is 282 g/mol. The van der Waals surface area contributed by atoms with Crippen LogP contribution in [0.5, 0.6) is 0 Å². The van der Waals surface area contributed by atoms with Crippen LogP contribution in [0.3, 0.4) is 0 Å². The van der Waals surface area contributed by atoms with E-state index in [0.717, 1.165) is 12.2 Å². The molecule has 0 fully saturated rings. The van der Waals surface area contributed by atoms with Crippen molar-refractivity contribution >= 4 is 23.8 Å². The molecule has 0 N–H and O–H groups in total. The van der Waals surface area contributed by atoms with E-state index >= 15 is 0 Å². The minimum atomic E-state index is -0.879. The number of hydroxylamine groups is 2. The Morgan fingerprint density at radius 2 is 1.76 bits per heavy atom. The smallest absolute Gasteiger partial charge is 0.333 e. The Balaban J connectivity index is 1.68. The Bertz CT molecular complexity index is 570. The molecule has 1 aliphatic heterocycles. The molecule has 0 radical (unpaired) electrons. The molecule has 0 bridgehead atoms. The van der Waals surface area contributed by atoms with Crippen molar-refractivity contribution < 1.29 is 33.2 Å². The minimum absolute atomic E-state index is 0.0338. The van der Waals surface area contributed by atoms with Gasteiger partial charge in [-0.1, -0.05) is 5.06 Å². The van der Waals surface area contributed by atoms with Gasteiger partial charge in [0.25, 0.3) is 11.8 Å². The second kappa shape index (κ2) is 6.51. The van der Waals surface area contributed by atoms with E-state index in [1.165, 1.54) is 6.26 Å². The number of imide groups is 1. The molecule has 1 aliphatic rings. The van der Waals surface area contributed by atoms with Crippen LogP contribution in [0.25, 0.3) is 0 Å². The highest BCUT2D eigenvalue weighted by Crippen LogP contribution is 2.07. The first-order valence-electron chi connectivity index (χ1n) is 6.01. The van der Waals surface area contributed by atoms with Gasteiger partial charge >= 0.3 is 11.9 Å². The second-order valence-corrected chi connectivity index (χ2v) is 4.01. The highest BCUT2D eigenvalue weighted by molar-refractivity contribution is 6.12. The summed E-state index contributed by atoms with van der Waals surface area (Å²) in [6.45, 7) is -0.0338. The van der Waals surface area contributed by atoms with Crippen molar-refractivity contribution in [2.24, 2.45) is 0 Å². The second-order valence-electron chi connectivity index (χ2n) is 4.01. The number of nitrogens with zero attached hydrogens (tertiary/aromatic N) is 1. The lowest BCUT2D eigenvalue weighted by atomic mass is 10.3. The van der Waals surface area contributed by atoms with E-state index in [2.05, 4.69) is 4.84 Å². The molecule has 1 aromatic heterocycles. The monoisotopic (exact) mass is 293 g/mol. The van der Waals surface area contributed by atoms with Gasteiger partial charge in [-0.05, 0) is 12.1 Å². The first-order valence-corrected chi connectivity index (χ1v) is 6.01. The van der Waals surface area contributed by atoms with Gasteiger partial charge in [0.05, 0.1) is 19.1 Å². The summed E-state index contributed by atoms with van der Waals surface area (Å²) in [5.74, 6) is -2.51. The highest BCUT2D eigenvalue weighted by Gasteiger charge is 2.28. The molecule has 8 heteroatoms. The lowest BCUT2D eigenvalue weighted by Crippen LogP contribution is -2.32. The fourth-order valence-corrected chi connectivity index (χ4v) is 1.45. The zero-order valence-corrected chi connectivity index (χ0v) is 10.8. The van der Waals surface area contributed by atoms with Gasteiger partial charge in [-0.3, -0.25) is 14.4 Å². The molecule has 0 saturated heterocycles. The van der Waals surface area contributed by atoms with E-state index < -0.39 is 23.8 Å². The van der Waals surface area contributed by atoms with E-state index in [9.17, 15) is 19.2 Å². The normalized spacial score (nSPS) is 13.6. The largest absolute Gasteiger partial charge is 0.466 e. The van der Waals surface area contributed by atoms with Crippen LogP contribution in [-0.2, 0) is 35.4 Å². The van der Waals surface area contributed by atoms with Crippen molar-refractivity contribution in [1.82, 2.24) is 5.06 Å². The highest BCUT2D eigenvalue weighted by atomic mass is 16.7. The molecule has 8 nitrogen and oxygen atoms in total. The fraction of sp³-hybridized carbons (Fsp3) is 0.231. The zero-order valence-electron chi connectivity index (χ0n) is 10.8. The van der Waals surface area contributed by atoms with E-state index in [4.69, 9.17) is 9.15 Å². The van der Waals surface area contributed by atoms with Crippen LogP contribution in [-0.4, -0.2) is 28.8 Å². The predicted molar refractivity (Wildman–Crippen MR) is 64.8 cm³/mol. The van der Waals surface area contributed by atoms with Gasteiger partial charge in [0, 0.05) is 12.2 Å². The summed E-state index contributed by atoms with van der Waals surface area (Å²) < 4.78 is 9.81. The van der Waals surface area contributed by atoms with Gasteiger partial charge < -0.3 is 14.0 Å². The number of rotatable bonds is 6. The number of furan rings is 1. The molecular formula is C13H11NO7. The van der Waals surface area contributed by atoms with Gasteiger partial charge in [0.1, 0.15) is 12.4 Å². The number of ether oxygens (including phenoxy) is 1. The van der Waals surface area contributed by atoms with E-state index in [0.29, 0.717) is 10.8 Å². The first kappa shape index (κ1) is 14.5. The van der Waals surface area contributed by atoms with Crippen molar-refractivity contribution in [3.8, 4) is 0 Å². The number of hydrogen-bond donors (Lipinski definition) is 0. The summed E-state index contributed by atoms with van der Waals surface area (Å²) in [4.78, 5) is 49.6. The molecule has 1 aromatic rings. The van der Waals surface area contributed by atoms with E-state index in [1.807, 2.05) is 0 Å². The predicted octanol–water partition coefficient (Wildman–Crippen LogP) is 0.486. The van der Waals surface area contributed by atoms with Crippen LogP contribution < -0.4 is 0 Å². The average molecular weight is 293 g/mol. The average Bonchev–Trinajstić information content (AvgIpc) is 3.08. The third-order valence-corrected chi connectivity index (χ3v) is 2.45. The van der Waals surface area contributed by atoms with Gasteiger partial charge in [-0.2, -0.15) is 0 Å². The number of esters is 1. The van der Waals surface area contributed by atoms with Crippen molar-refractivity contribution in [2.75, 3.05) is 0 Å². The number of carbonyl (C=O) groups is 4. The molecule has 0 unspecified atom stereocenters. The zero-order chi connectivity index (χ0) is 15.2. The Hall–Kier alpha value is -2.90. The van der Waals surface area contributed by atoms with Crippen molar-refractivity contribution in [3.63, 3.8) is 0 Å². The molecule has 0 spiro atoms. The van der Waals surface area contributed by atoms with Crippen LogP contribution >= 0.6 is 0 Å². The summed E-state index contributed by atoms with van der Waals surface area (Å²) in [6.07, 6.45) is 2.86. The lowest BCUT2D eigenvalue weighted by Gasteiger charge is -2.12. The molecule has 0 saturated carbocycles. The molecule has 110 valence electrons. The Morgan fingerprint density at radius 3 is 2.38 bits per heavy atom. The summed E-state index contributed by atoms with van der Waals surface area (Å²) in [5, 5.41) is 0.330. The van der Waals surface area contributed by atoms with Gasteiger partial charge in [-0.25, -0.2) is 4.79 Å². The van der Waals surface area contributed by atoms with Crippen molar-refractivity contribution in [3.05, 3.63) is 36.3 Å². The number of amides is 2. The van der Waals surface area contributed by atoms with E-state index in [-0.39, 0.29) is 19.4 Å². The summed E-state index contributed by atoms with van der Waals surface area (Å²) >= 11 is 0. The third-order valence-electron chi connectivity index (χ3n) is 2.45. The Kier molecular flexibility index (Phi) is 4.50. The summed E-state index contributed by atoms with van der Waals surface area (Å²) in [5.41, 5.74) is 0. The minimum Gasteiger partial charge on any atom is -0.466 e.